The van der Waals surface area contributed by atoms with Gasteiger partial charge in [-0.2, -0.15) is 0 Å². The van der Waals surface area contributed by atoms with E-state index < -0.39 is 0 Å². The summed E-state index contributed by atoms with van der Waals surface area (Å²) in [6.45, 7) is 7.98. The van der Waals surface area contributed by atoms with E-state index in [4.69, 9.17) is 4.42 Å². The largest absolute Gasteiger partial charge is 0.466 e. The Kier molecular flexibility index (Phi) is 4.83. The Balaban J connectivity index is 1.69. The number of carbonyl (C=O) groups is 1. The van der Waals surface area contributed by atoms with Crippen molar-refractivity contribution < 1.29 is 9.21 Å². The van der Waals surface area contributed by atoms with Crippen LogP contribution in [0.5, 0.6) is 0 Å². The Morgan fingerprint density at radius 1 is 1.17 bits per heavy atom. The molecule has 0 radical (unpaired) electrons. The molecule has 1 amide bonds. The predicted molar refractivity (Wildman–Crippen MR) is 92.2 cm³/mol. The zero-order chi connectivity index (χ0) is 17.1. The molecule has 0 unspecified atom stereocenters. The first kappa shape index (κ1) is 16.5. The number of nitrogens with zero attached hydrogens (tertiary/aromatic N) is 3. The lowest BCUT2D eigenvalue weighted by Crippen LogP contribution is -2.32. The fourth-order valence-corrected chi connectivity index (χ4v) is 3.07. The van der Waals surface area contributed by atoms with Crippen LogP contribution < -0.4 is 10.2 Å². The van der Waals surface area contributed by atoms with Gasteiger partial charge in [0.2, 0.25) is 5.95 Å². The Bertz CT molecular complexity index is 733. The lowest BCUT2D eigenvalue weighted by molar-refractivity contribution is 0.0949. The van der Waals surface area contributed by atoms with Crippen molar-refractivity contribution in [2.45, 2.75) is 46.6 Å². The van der Waals surface area contributed by atoms with E-state index in [1.54, 1.807) is 13.0 Å². The molecule has 3 rings (SSSR count). The molecule has 0 saturated carbocycles. The molecule has 0 aliphatic carbocycles. The van der Waals surface area contributed by atoms with E-state index in [0.29, 0.717) is 17.9 Å². The molecule has 0 aromatic carbocycles. The van der Waals surface area contributed by atoms with Crippen LogP contribution in [-0.4, -0.2) is 29.0 Å². The molecule has 24 heavy (non-hydrogen) atoms. The van der Waals surface area contributed by atoms with E-state index in [0.717, 1.165) is 36.2 Å². The smallest absolute Gasteiger partial charge is 0.255 e. The Labute approximate surface area is 142 Å². The van der Waals surface area contributed by atoms with E-state index in [9.17, 15) is 4.79 Å². The molecule has 128 valence electrons. The van der Waals surface area contributed by atoms with E-state index >= 15 is 0 Å². The van der Waals surface area contributed by atoms with Crippen molar-refractivity contribution in [1.82, 2.24) is 15.3 Å². The molecule has 2 aromatic rings. The first-order valence-corrected chi connectivity index (χ1v) is 8.47. The van der Waals surface area contributed by atoms with Gasteiger partial charge in [-0.05, 0) is 52.2 Å². The van der Waals surface area contributed by atoms with Crippen LogP contribution in [0.15, 0.2) is 16.5 Å². The maximum Gasteiger partial charge on any atom is 0.255 e. The number of carbonyl (C=O) groups excluding carboxylic acids is 1. The Hall–Kier alpha value is -2.37. The second kappa shape index (κ2) is 7.03. The highest BCUT2D eigenvalue weighted by atomic mass is 16.3. The number of amides is 1. The summed E-state index contributed by atoms with van der Waals surface area (Å²) in [7, 11) is 0. The molecule has 0 bridgehead atoms. The van der Waals surface area contributed by atoms with Gasteiger partial charge < -0.3 is 14.6 Å². The van der Waals surface area contributed by atoms with Gasteiger partial charge in [-0.25, -0.2) is 9.97 Å². The van der Waals surface area contributed by atoms with Crippen LogP contribution >= 0.6 is 0 Å². The minimum atomic E-state index is -0.139. The molecular formula is C18H24N4O2. The third kappa shape index (κ3) is 3.75. The third-order valence-corrected chi connectivity index (χ3v) is 4.25. The summed E-state index contributed by atoms with van der Waals surface area (Å²) in [5.41, 5.74) is 2.33. The number of aromatic nitrogens is 2. The lowest BCUT2D eigenvalue weighted by Gasteiger charge is -2.27. The Morgan fingerprint density at radius 2 is 1.92 bits per heavy atom. The molecule has 1 fully saturated rings. The minimum absolute atomic E-state index is 0.139. The molecular weight excluding hydrogens is 304 g/mol. The zero-order valence-electron chi connectivity index (χ0n) is 14.6. The topological polar surface area (TPSA) is 71.3 Å². The van der Waals surface area contributed by atoms with Crippen molar-refractivity contribution >= 4 is 11.9 Å². The van der Waals surface area contributed by atoms with Gasteiger partial charge >= 0.3 is 0 Å². The lowest BCUT2D eigenvalue weighted by atomic mass is 10.1. The molecule has 1 saturated heterocycles. The summed E-state index contributed by atoms with van der Waals surface area (Å²) in [5.74, 6) is 2.01. The molecule has 6 heteroatoms. The van der Waals surface area contributed by atoms with Crippen LogP contribution in [0.1, 0.15) is 52.5 Å². The van der Waals surface area contributed by atoms with Crippen LogP contribution in [0.25, 0.3) is 0 Å². The maximum atomic E-state index is 12.3. The number of anilines is 1. The van der Waals surface area contributed by atoms with Crippen molar-refractivity contribution in [1.29, 1.82) is 0 Å². The quantitative estimate of drug-likeness (QED) is 0.934. The SMILES string of the molecule is Cc1cc(CNC(=O)c2cc(C)oc2C)nc(N2CCCCC2)n1. The van der Waals surface area contributed by atoms with Crippen molar-refractivity contribution in [2.24, 2.45) is 0 Å². The summed E-state index contributed by atoms with van der Waals surface area (Å²) >= 11 is 0. The zero-order valence-corrected chi connectivity index (χ0v) is 14.6. The number of nitrogens with one attached hydrogen (secondary N) is 1. The highest BCUT2D eigenvalue weighted by Crippen LogP contribution is 2.17. The summed E-state index contributed by atoms with van der Waals surface area (Å²) in [6.07, 6.45) is 3.64. The standard InChI is InChI=1S/C18H24N4O2/c1-12-9-15(21-18(20-12)22-7-5-4-6-8-22)11-19-17(23)16-10-13(2)24-14(16)3/h9-10H,4-8,11H2,1-3H3,(H,19,23). The number of piperidine rings is 1. The summed E-state index contributed by atoms with van der Waals surface area (Å²) < 4.78 is 5.41. The second-order valence-corrected chi connectivity index (χ2v) is 6.36. The molecule has 2 aromatic heterocycles. The van der Waals surface area contributed by atoms with Crippen LogP contribution in [-0.2, 0) is 6.54 Å². The van der Waals surface area contributed by atoms with Crippen LogP contribution in [0, 0.1) is 20.8 Å². The van der Waals surface area contributed by atoms with Gasteiger partial charge in [0.05, 0.1) is 17.8 Å². The number of rotatable bonds is 4. The van der Waals surface area contributed by atoms with Crippen molar-refractivity contribution in [3.8, 4) is 0 Å². The number of furan rings is 1. The van der Waals surface area contributed by atoms with Crippen molar-refractivity contribution in [3.05, 3.63) is 40.6 Å². The van der Waals surface area contributed by atoms with Crippen LogP contribution in [0.4, 0.5) is 5.95 Å². The monoisotopic (exact) mass is 328 g/mol. The highest BCUT2D eigenvalue weighted by molar-refractivity contribution is 5.95. The molecule has 3 heterocycles. The number of hydrogen-bond acceptors (Lipinski definition) is 5. The van der Waals surface area contributed by atoms with Crippen LogP contribution in [0.2, 0.25) is 0 Å². The number of hydrogen-bond donors (Lipinski definition) is 1. The fourth-order valence-electron chi connectivity index (χ4n) is 3.07. The summed E-state index contributed by atoms with van der Waals surface area (Å²) in [6, 6.07) is 3.68. The predicted octanol–water partition coefficient (Wildman–Crippen LogP) is 2.92. The minimum Gasteiger partial charge on any atom is -0.466 e. The fraction of sp³-hybridized carbons (Fsp3) is 0.500. The molecule has 1 N–H and O–H groups in total. The van der Waals surface area contributed by atoms with E-state index in [1.165, 1.54) is 19.3 Å². The van der Waals surface area contributed by atoms with E-state index in [-0.39, 0.29) is 5.91 Å². The first-order chi connectivity index (χ1) is 11.5. The molecule has 1 aliphatic heterocycles. The van der Waals surface area contributed by atoms with Crippen molar-refractivity contribution in [3.63, 3.8) is 0 Å². The molecule has 6 nitrogen and oxygen atoms in total. The first-order valence-electron chi connectivity index (χ1n) is 8.47. The summed E-state index contributed by atoms with van der Waals surface area (Å²) in [4.78, 5) is 23.7. The van der Waals surface area contributed by atoms with Gasteiger partial charge in [0, 0.05) is 18.8 Å². The number of aryl methyl sites for hydroxylation is 3. The summed E-state index contributed by atoms with van der Waals surface area (Å²) in [5, 5.41) is 2.92. The van der Waals surface area contributed by atoms with Gasteiger partial charge in [0.1, 0.15) is 11.5 Å². The van der Waals surface area contributed by atoms with Gasteiger partial charge in [0.15, 0.2) is 0 Å². The van der Waals surface area contributed by atoms with E-state index in [2.05, 4.69) is 20.2 Å². The van der Waals surface area contributed by atoms with Crippen molar-refractivity contribution in [2.75, 3.05) is 18.0 Å². The van der Waals surface area contributed by atoms with Gasteiger partial charge in [-0.15, -0.1) is 0 Å². The van der Waals surface area contributed by atoms with Crippen LogP contribution in [0.3, 0.4) is 0 Å². The molecule has 1 aliphatic rings. The normalized spacial score (nSPS) is 14.7. The third-order valence-electron chi connectivity index (χ3n) is 4.25. The Morgan fingerprint density at radius 3 is 2.58 bits per heavy atom. The van der Waals surface area contributed by atoms with E-state index in [1.807, 2.05) is 19.9 Å². The van der Waals surface area contributed by atoms with Gasteiger partial charge in [-0.1, -0.05) is 0 Å². The molecule has 0 atom stereocenters. The second-order valence-electron chi connectivity index (χ2n) is 6.36. The average Bonchev–Trinajstić information content (AvgIpc) is 2.91. The van der Waals surface area contributed by atoms with Gasteiger partial charge in [0.25, 0.3) is 5.91 Å². The van der Waals surface area contributed by atoms with Gasteiger partial charge in [-0.3, -0.25) is 4.79 Å². The molecule has 0 spiro atoms. The average molecular weight is 328 g/mol. The highest BCUT2D eigenvalue weighted by Gasteiger charge is 2.16. The maximum absolute atomic E-state index is 12.3.